The number of rotatable bonds is 6. The van der Waals surface area contributed by atoms with Crippen LogP contribution in [0.2, 0.25) is 0 Å². The van der Waals surface area contributed by atoms with E-state index in [2.05, 4.69) is 34.7 Å². The quantitative estimate of drug-likeness (QED) is 0.617. The van der Waals surface area contributed by atoms with E-state index in [0.717, 1.165) is 37.7 Å². The fraction of sp³-hybridized carbons (Fsp3) is 0.600. The first-order valence-corrected chi connectivity index (χ1v) is 9.50. The van der Waals surface area contributed by atoms with Crippen LogP contribution < -0.4 is 15.5 Å². The van der Waals surface area contributed by atoms with E-state index in [1.165, 1.54) is 31.2 Å². The number of nitrogens with zero attached hydrogens (tertiary/aromatic N) is 2. The molecule has 1 aromatic carbocycles. The topological polar surface area (TPSA) is 56.7 Å². The van der Waals surface area contributed by atoms with Gasteiger partial charge in [0.2, 0.25) is 5.91 Å². The van der Waals surface area contributed by atoms with Gasteiger partial charge in [0.1, 0.15) is 0 Å². The van der Waals surface area contributed by atoms with E-state index in [0.29, 0.717) is 11.8 Å². The summed E-state index contributed by atoms with van der Waals surface area (Å²) in [4.78, 5) is 18.0. The molecular weight excluding hydrogens is 312 g/mol. The summed E-state index contributed by atoms with van der Waals surface area (Å²) in [5, 5.41) is 6.87. The standard InChI is InChI=1S/C20H30N4O/c1-3-20(11-5-12-20)15-23-19(21-2)22-14-16-7-9-17(10-8-16)24-13-4-6-18(24)25/h7-10H,3-6,11-15H2,1-2H3,(H2,21,22,23). The van der Waals surface area contributed by atoms with Gasteiger partial charge in [-0.05, 0) is 48.8 Å². The van der Waals surface area contributed by atoms with Crippen LogP contribution in [0, 0.1) is 5.41 Å². The Hall–Kier alpha value is -2.04. The largest absolute Gasteiger partial charge is 0.356 e. The second kappa shape index (κ2) is 7.89. The maximum Gasteiger partial charge on any atom is 0.227 e. The van der Waals surface area contributed by atoms with Gasteiger partial charge in [0.15, 0.2) is 5.96 Å². The molecular formula is C20H30N4O. The Bertz CT molecular complexity index is 614. The Kier molecular flexibility index (Phi) is 5.61. The van der Waals surface area contributed by atoms with Gasteiger partial charge in [0.25, 0.3) is 0 Å². The van der Waals surface area contributed by atoms with Gasteiger partial charge < -0.3 is 15.5 Å². The van der Waals surface area contributed by atoms with Crippen LogP contribution in [0.25, 0.3) is 0 Å². The summed E-state index contributed by atoms with van der Waals surface area (Å²) in [5.41, 5.74) is 2.66. The molecule has 1 heterocycles. The van der Waals surface area contributed by atoms with Crippen molar-refractivity contribution in [1.29, 1.82) is 0 Å². The van der Waals surface area contributed by atoms with E-state index in [4.69, 9.17) is 0 Å². The van der Waals surface area contributed by atoms with Crippen LogP contribution in [0.15, 0.2) is 29.3 Å². The number of aliphatic imine (C=N–C) groups is 1. The fourth-order valence-corrected chi connectivity index (χ4v) is 3.72. The van der Waals surface area contributed by atoms with Gasteiger partial charge in [-0.2, -0.15) is 0 Å². The highest BCUT2D eigenvalue weighted by atomic mass is 16.2. The van der Waals surface area contributed by atoms with Gasteiger partial charge >= 0.3 is 0 Å². The first kappa shape index (κ1) is 17.8. The second-order valence-corrected chi connectivity index (χ2v) is 7.30. The number of guanidine groups is 1. The van der Waals surface area contributed by atoms with Crippen molar-refractivity contribution in [2.75, 3.05) is 25.0 Å². The number of hydrogen-bond donors (Lipinski definition) is 2. The van der Waals surface area contributed by atoms with E-state index in [1.807, 2.05) is 24.1 Å². The number of carbonyl (C=O) groups excluding carboxylic acids is 1. The third-order valence-electron chi connectivity index (χ3n) is 5.80. The van der Waals surface area contributed by atoms with Crippen LogP contribution in [0.4, 0.5) is 5.69 Å². The highest BCUT2D eigenvalue weighted by Crippen LogP contribution is 2.42. The Morgan fingerprint density at radius 3 is 2.48 bits per heavy atom. The zero-order valence-electron chi connectivity index (χ0n) is 15.5. The number of anilines is 1. The van der Waals surface area contributed by atoms with Gasteiger partial charge in [-0.15, -0.1) is 0 Å². The molecule has 1 saturated heterocycles. The average Bonchev–Trinajstić information content (AvgIpc) is 3.03. The van der Waals surface area contributed by atoms with Crippen LogP contribution in [-0.4, -0.2) is 32.0 Å². The van der Waals surface area contributed by atoms with Crippen LogP contribution in [-0.2, 0) is 11.3 Å². The van der Waals surface area contributed by atoms with Gasteiger partial charge in [0, 0.05) is 38.8 Å². The number of carbonyl (C=O) groups is 1. The van der Waals surface area contributed by atoms with Crippen molar-refractivity contribution in [3.63, 3.8) is 0 Å². The Labute approximate surface area is 150 Å². The lowest BCUT2D eigenvalue weighted by Crippen LogP contribution is -2.46. The van der Waals surface area contributed by atoms with E-state index < -0.39 is 0 Å². The Morgan fingerprint density at radius 1 is 1.20 bits per heavy atom. The van der Waals surface area contributed by atoms with Crippen molar-refractivity contribution < 1.29 is 4.79 Å². The van der Waals surface area contributed by atoms with Gasteiger partial charge in [0.05, 0.1) is 0 Å². The molecule has 136 valence electrons. The molecule has 5 nitrogen and oxygen atoms in total. The van der Waals surface area contributed by atoms with Gasteiger partial charge in [-0.3, -0.25) is 9.79 Å². The molecule has 2 fully saturated rings. The minimum absolute atomic E-state index is 0.233. The Morgan fingerprint density at radius 2 is 1.96 bits per heavy atom. The average molecular weight is 342 g/mol. The molecule has 0 aromatic heterocycles. The maximum absolute atomic E-state index is 11.8. The monoisotopic (exact) mass is 342 g/mol. The second-order valence-electron chi connectivity index (χ2n) is 7.30. The molecule has 0 spiro atoms. The van der Waals surface area contributed by atoms with Crippen LogP contribution in [0.5, 0.6) is 0 Å². The fourth-order valence-electron chi connectivity index (χ4n) is 3.72. The Balaban J connectivity index is 1.49. The maximum atomic E-state index is 11.8. The predicted octanol–water partition coefficient (Wildman–Crippen LogP) is 3.06. The van der Waals surface area contributed by atoms with Crippen molar-refractivity contribution in [1.82, 2.24) is 10.6 Å². The third-order valence-corrected chi connectivity index (χ3v) is 5.80. The predicted molar refractivity (Wildman–Crippen MR) is 103 cm³/mol. The van der Waals surface area contributed by atoms with Crippen LogP contribution >= 0.6 is 0 Å². The van der Waals surface area contributed by atoms with Crippen molar-refractivity contribution in [2.45, 2.75) is 52.0 Å². The molecule has 1 aliphatic carbocycles. The van der Waals surface area contributed by atoms with Gasteiger partial charge in [-0.25, -0.2) is 0 Å². The minimum Gasteiger partial charge on any atom is -0.356 e. The summed E-state index contributed by atoms with van der Waals surface area (Å²) in [6.07, 6.45) is 6.86. The van der Waals surface area contributed by atoms with Gasteiger partial charge in [-0.1, -0.05) is 25.5 Å². The van der Waals surface area contributed by atoms with Crippen molar-refractivity contribution in [3.8, 4) is 0 Å². The van der Waals surface area contributed by atoms with Crippen molar-refractivity contribution in [2.24, 2.45) is 10.4 Å². The smallest absolute Gasteiger partial charge is 0.227 e. The minimum atomic E-state index is 0.233. The summed E-state index contributed by atoms with van der Waals surface area (Å²) >= 11 is 0. The molecule has 0 atom stereocenters. The molecule has 1 saturated carbocycles. The first-order chi connectivity index (χ1) is 12.2. The number of benzene rings is 1. The zero-order valence-corrected chi connectivity index (χ0v) is 15.5. The lowest BCUT2D eigenvalue weighted by molar-refractivity contribution is -0.117. The molecule has 25 heavy (non-hydrogen) atoms. The molecule has 2 N–H and O–H groups in total. The summed E-state index contributed by atoms with van der Waals surface area (Å²) in [7, 11) is 1.82. The molecule has 0 radical (unpaired) electrons. The lowest BCUT2D eigenvalue weighted by atomic mass is 9.67. The molecule has 5 heteroatoms. The van der Waals surface area contributed by atoms with E-state index in [9.17, 15) is 4.79 Å². The van der Waals surface area contributed by atoms with Crippen molar-refractivity contribution in [3.05, 3.63) is 29.8 Å². The highest BCUT2D eigenvalue weighted by Gasteiger charge is 2.34. The number of nitrogens with one attached hydrogen (secondary N) is 2. The normalized spacial score (nSPS) is 19.7. The third kappa shape index (κ3) is 4.14. The molecule has 0 bridgehead atoms. The molecule has 3 rings (SSSR count). The highest BCUT2D eigenvalue weighted by molar-refractivity contribution is 5.95. The summed E-state index contributed by atoms with van der Waals surface area (Å²) in [5.74, 6) is 1.09. The summed E-state index contributed by atoms with van der Waals surface area (Å²) in [6.45, 7) is 4.85. The molecule has 0 unspecified atom stereocenters. The number of amides is 1. The molecule has 1 aliphatic heterocycles. The zero-order chi connectivity index (χ0) is 17.7. The molecule has 1 aromatic rings. The molecule has 1 amide bonds. The van der Waals surface area contributed by atoms with E-state index in [1.54, 1.807) is 0 Å². The summed E-state index contributed by atoms with van der Waals surface area (Å²) < 4.78 is 0. The van der Waals surface area contributed by atoms with Crippen LogP contribution in [0.3, 0.4) is 0 Å². The number of hydrogen-bond acceptors (Lipinski definition) is 2. The molecule has 2 aliphatic rings. The lowest BCUT2D eigenvalue weighted by Gasteiger charge is -2.41. The van der Waals surface area contributed by atoms with E-state index in [-0.39, 0.29) is 5.91 Å². The summed E-state index contributed by atoms with van der Waals surface area (Å²) in [6, 6.07) is 8.25. The van der Waals surface area contributed by atoms with E-state index >= 15 is 0 Å². The first-order valence-electron chi connectivity index (χ1n) is 9.50. The SMILES string of the molecule is CCC1(CNC(=NC)NCc2ccc(N3CCCC3=O)cc2)CCC1. The van der Waals surface area contributed by atoms with Crippen LogP contribution in [0.1, 0.15) is 51.0 Å². The van der Waals surface area contributed by atoms with Crippen molar-refractivity contribution >= 4 is 17.6 Å².